The molecule has 1 aliphatic rings. The summed E-state index contributed by atoms with van der Waals surface area (Å²) in [5, 5.41) is 0. The fraction of sp³-hybridized carbons (Fsp3) is 0.562. The van der Waals surface area contributed by atoms with Crippen molar-refractivity contribution in [1.29, 1.82) is 0 Å². The normalized spacial score (nSPS) is 23.1. The van der Waals surface area contributed by atoms with Crippen molar-refractivity contribution in [2.24, 2.45) is 11.7 Å². The van der Waals surface area contributed by atoms with Crippen LogP contribution in [0.3, 0.4) is 0 Å². The van der Waals surface area contributed by atoms with Gasteiger partial charge < -0.3 is 10.6 Å². The van der Waals surface area contributed by atoms with Gasteiger partial charge >= 0.3 is 0 Å². The van der Waals surface area contributed by atoms with Gasteiger partial charge in [0.15, 0.2) is 0 Å². The first-order valence-electron chi connectivity index (χ1n) is 7.26. The largest absolute Gasteiger partial charge is 0.341 e. The van der Waals surface area contributed by atoms with E-state index in [0.717, 1.165) is 18.5 Å². The molecular weight excluding hydrogens is 255 g/mol. The maximum atomic E-state index is 13.0. The minimum atomic E-state index is -0.230. The average molecular weight is 278 g/mol. The van der Waals surface area contributed by atoms with Crippen molar-refractivity contribution < 1.29 is 9.18 Å². The zero-order valence-corrected chi connectivity index (χ0v) is 12.2. The van der Waals surface area contributed by atoms with E-state index in [0.29, 0.717) is 18.9 Å². The van der Waals surface area contributed by atoms with Gasteiger partial charge in [0, 0.05) is 31.5 Å². The van der Waals surface area contributed by atoms with Crippen LogP contribution in [0.5, 0.6) is 0 Å². The zero-order valence-electron chi connectivity index (χ0n) is 12.2. The van der Waals surface area contributed by atoms with Crippen LogP contribution in [-0.2, 0) is 4.79 Å². The van der Waals surface area contributed by atoms with Crippen molar-refractivity contribution in [3.8, 4) is 0 Å². The molecule has 0 saturated carbocycles. The van der Waals surface area contributed by atoms with E-state index in [1.54, 1.807) is 12.1 Å². The third-order valence-corrected chi connectivity index (χ3v) is 3.89. The van der Waals surface area contributed by atoms with Crippen LogP contribution in [0.1, 0.15) is 38.2 Å². The minimum Gasteiger partial charge on any atom is -0.341 e. The molecule has 3 nitrogen and oxygen atoms in total. The van der Waals surface area contributed by atoms with E-state index in [1.165, 1.54) is 12.1 Å². The molecule has 2 unspecified atom stereocenters. The van der Waals surface area contributed by atoms with Gasteiger partial charge in [-0.3, -0.25) is 4.79 Å². The maximum Gasteiger partial charge on any atom is 0.222 e. The number of carbonyl (C=O) groups excluding carboxylic acids is 1. The highest BCUT2D eigenvalue weighted by molar-refractivity contribution is 5.76. The predicted octanol–water partition coefficient (Wildman–Crippen LogP) is 2.52. The molecular formula is C16H23FN2O. The first-order valence-corrected chi connectivity index (χ1v) is 7.26. The first kappa shape index (κ1) is 15.0. The molecule has 1 heterocycles. The van der Waals surface area contributed by atoms with Crippen molar-refractivity contribution in [2.45, 2.75) is 38.6 Å². The van der Waals surface area contributed by atoms with Crippen LogP contribution in [0, 0.1) is 11.7 Å². The molecule has 1 aromatic rings. The Morgan fingerprint density at radius 1 is 1.40 bits per heavy atom. The number of amides is 1. The lowest BCUT2D eigenvalue weighted by Crippen LogP contribution is -2.49. The molecule has 0 bridgehead atoms. The molecule has 1 saturated heterocycles. The Labute approximate surface area is 120 Å². The number of piperidine rings is 1. The van der Waals surface area contributed by atoms with Gasteiger partial charge in [0.05, 0.1) is 0 Å². The second kappa shape index (κ2) is 6.35. The van der Waals surface area contributed by atoms with Gasteiger partial charge in [-0.1, -0.05) is 26.0 Å². The van der Waals surface area contributed by atoms with Gasteiger partial charge in [-0.05, 0) is 30.0 Å². The smallest absolute Gasteiger partial charge is 0.222 e. The van der Waals surface area contributed by atoms with Gasteiger partial charge in [-0.25, -0.2) is 4.39 Å². The number of carbonyl (C=O) groups is 1. The van der Waals surface area contributed by atoms with E-state index in [1.807, 2.05) is 18.7 Å². The number of nitrogens with zero attached hydrogens (tertiary/aromatic N) is 1. The molecule has 2 atom stereocenters. The molecule has 2 N–H and O–H groups in total. The Hall–Kier alpha value is -1.42. The second-order valence-corrected chi connectivity index (χ2v) is 6.05. The minimum absolute atomic E-state index is 0.0784. The predicted molar refractivity (Wildman–Crippen MR) is 77.8 cm³/mol. The Morgan fingerprint density at radius 2 is 2.05 bits per heavy atom. The number of hydrogen-bond donors (Lipinski definition) is 1. The molecule has 4 heteroatoms. The third-order valence-electron chi connectivity index (χ3n) is 3.89. The molecule has 1 aliphatic heterocycles. The zero-order chi connectivity index (χ0) is 14.7. The van der Waals surface area contributed by atoms with Crippen molar-refractivity contribution in [1.82, 2.24) is 4.90 Å². The van der Waals surface area contributed by atoms with Crippen LogP contribution in [0.2, 0.25) is 0 Å². The number of likely N-dealkylation sites (tertiary alicyclic amines) is 1. The molecule has 0 aliphatic carbocycles. The highest BCUT2D eigenvalue weighted by Gasteiger charge is 2.30. The number of halogens is 1. The summed E-state index contributed by atoms with van der Waals surface area (Å²) in [4.78, 5) is 13.9. The molecule has 0 radical (unpaired) electrons. The van der Waals surface area contributed by atoms with Gasteiger partial charge in [-0.15, -0.1) is 0 Å². The molecule has 1 aromatic carbocycles. The Bertz CT molecular complexity index is 458. The standard InChI is InChI=1S/C16H23FN2O/c1-11(2)9-16(20)19-8-7-14(15(18)10-19)12-3-5-13(17)6-4-12/h3-6,11,14-15H,7-10,18H2,1-2H3. The lowest BCUT2D eigenvalue weighted by Gasteiger charge is -2.37. The molecule has 1 fully saturated rings. The number of benzene rings is 1. The van der Waals surface area contributed by atoms with Gasteiger partial charge in [0.25, 0.3) is 0 Å². The summed E-state index contributed by atoms with van der Waals surface area (Å²) in [6.45, 7) is 5.42. The lowest BCUT2D eigenvalue weighted by molar-refractivity contribution is -0.133. The van der Waals surface area contributed by atoms with Gasteiger partial charge in [0.2, 0.25) is 5.91 Å². The monoisotopic (exact) mass is 278 g/mol. The summed E-state index contributed by atoms with van der Waals surface area (Å²) >= 11 is 0. The maximum absolute atomic E-state index is 13.0. The topological polar surface area (TPSA) is 46.3 Å². The van der Waals surface area contributed by atoms with Crippen LogP contribution in [0.15, 0.2) is 24.3 Å². The van der Waals surface area contributed by atoms with Crippen LogP contribution < -0.4 is 5.73 Å². The SMILES string of the molecule is CC(C)CC(=O)N1CCC(c2ccc(F)cc2)C(N)C1. The quantitative estimate of drug-likeness (QED) is 0.923. The van der Waals surface area contributed by atoms with E-state index in [2.05, 4.69) is 0 Å². The molecule has 110 valence electrons. The Kier molecular flexibility index (Phi) is 4.76. The lowest BCUT2D eigenvalue weighted by atomic mass is 9.85. The van der Waals surface area contributed by atoms with E-state index >= 15 is 0 Å². The fourth-order valence-electron chi connectivity index (χ4n) is 2.81. The van der Waals surface area contributed by atoms with Gasteiger partial charge in [0.1, 0.15) is 5.82 Å². The first-order chi connectivity index (χ1) is 9.47. The molecule has 1 amide bonds. The Balaban J connectivity index is 1.98. The summed E-state index contributed by atoms with van der Waals surface area (Å²) in [6.07, 6.45) is 1.42. The molecule has 20 heavy (non-hydrogen) atoms. The summed E-state index contributed by atoms with van der Waals surface area (Å²) in [5.74, 6) is 0.534. The van der Waals surface area contributed by atoms with Crippen molar-refractivity contribution in [2.75, 3.05) is 13.1 Å². The van der Waals surface area contributed by atoms with Crippen molar-refractivity contribution in [3.05, 3.63) is 35.6 Å². The van der Waals surface area contributed by atoms with Crippen LogP contribution in [0.4, 0.5) is 4.39 Å². The summed E-state index contributed by atoms with van der Waals surface area (Å²) in [6, 6.07) is 6.46. The number of hydrogen-bond acceptors (Lipinski definition) is 2. The molecule has 0 aromatic heterocycles. The van der Waals surface area contributed by atoms with E-state index in [-0.39, 0.29) is 23.7 Å². The number of rotatable bonds is 3. The van der Waals surface area contributed by atoms with E-state index < -0.39 is 0 Å². The third kappa shape index (κ3) is 3.57. The number of nitrogens with two attached hydrogens (primary N) is 1. The average Bonchev–Trinajstić information content (AvgIpc) is 2.39. The van der Waals surface area contributed by atoms with Gasteiger partial charge in [-0.2, -0.15) is 0 Å². The highest BCUT2D eigenvalue weighted by Crippen LogP contribution is 2.28. The summed E-state index contributed by atoms with van der Waals surface area (Å²) in [7, 11) is 0. The fourth-order valence-corrected chi connectivity index (χ4v) is 2.81. The summed E-state index contributed by atoms with van der Waals surface area (Å²) < 4.78 is 13.0. The molecule has 2 rings (SSSR count). The van der Waals surface area contributed by atoms with Crippen LogP contribution in [0.25, 0.3) is 0 Å². The van der Waals surface area contributed by atoms with Crippen molar-refractivity contribution >= 4 is 5.91 Å². The second-order valence-electron chi connectivity index (χ2n) is 6.05. The van der Waals surface area contributed by atoms with Crippen LogP contribution in [-0.4, -0.2) is 29.9 Å². The van der Waals surface area contributed by atoms with Crippen LogP contribution >= 0.6 is 0 Å². The highest BCUT2D eigenvalue weighted by atomic mass is 19.1. The van der Waals surface area contributed by atoms with E-state index in [4.69, 9.17) is 5.73 Å². The Morgan fingerprint density at radius 3 is 2.60 bits per heavy atom. The summed E-state index contributed by atoms with van der Waals surface area (Å²) in [5.41, 5.74) is 7.29. The van der Waals surface area contributed by atoms with E-state index in [9.17, 15) is 9.18 Å². The van der Waals surface area contributed by atoms with Crippen molar-refractivity contribution in [3.63, 3.8) is 0 Å². The molecule has 0 spiro atoms.